The van der Waals surface area contributed by atoms with Crippen molar-refractivity contribution in [2.45, 2.75) is 43.7 Å². The molecule has 0 radical (unpaired) electrons. The molecule has 1 aliphatic carbocycles. The summed E-state index contributed by atoms with van der Waals surface area (Å²) in [5.41, 5.74) is -4.45. The molecule has 1 amide bonds. The second kappa shape index (κ2) is 7.97. The molecule has 1 aliphatic heterocycles. The van der Waals surface area contributed by atoms with Gasteiger partial charge in [-0.1, -0.05) is 29.3 Å². The highest BCUT2D eigenvalue weighted by Gasteiger charge is 2.49. The van der Waals surface area contributed by atoms with Crippen LogP contribution in [0.25, 0.3) is 0 Å². The van der Waals surface area contributed by atoms with Gasteiger partial charge >= 0.3 is 15.5 Å². The highest BCUT2D eigenvalue weighted by Crippen LogP contribution is 2.35. The van der Waals surface area contributed by atoms with E-state index in [-0.39, 0.29) is 27.9 Å². The zero-order valence-electron chi connectivity index (χ0n) is 16.1. The SMILES string of the molecule is O=C1[C@H](Cc2c(Cl)cccc2Cl)CCN1C1CCc2ncn(S(=O)(=O)C(F)(F)F)c2C1. The molecular formula is C19H18Cl2F3N3O3S. The molecule has 1 aromatic carbocycles. The van der Waals surface area contributed by atoms with Gasteiger partial charge in [-0.05, 0) is 43.4 Å². The molecule has 2 atom stereocenters. The third-order valence-corrected chi connectivity index (χ3v) is 8.04. The number of hydrogen-bond acceptors (Lipinski definition) is 4. The number of rotatable bonds is 4. The van der Waals surface area contributed by atoms with Crippen molar-refractivity contribution >= 4 is 39.1 Å². The lowest BCUT2D eigenvalue weighted by molar-refractivity contribution is -0.133. The number of alkyl halides is 3. The number of aryl methyl sites for hydroxylation is 1. The van der Waals surface area contributed by atoms with Crippen LogP contribution in [-0.4, -0.2) is 46.3 Å². The van der Waals surface area contributed by atoms with E-state index in [1.54, 1.807) is 23.1 Å². The number of amides is 1. The van der Waals surface area contributed by atoms with Crippen LogP contribution >= 0.6 is 23.2 Å². The van der Waals surface area contributed by atoms with Gasteiger partial charge in [-0.25, -0.2) is 8.96 Å². The molecule has 168 valence electrons. The molecule has 1 fully saturated rings. The minimum absolute atomic E-state index is 0.00402. The molecule has 4 rings (SSSR count). The van der Waals surface area contributed by atoms with Crippen LogP contribution in [0, 0.1) is 5.92 Å². The first-order valence-corrected chi connectivity index (χ1v) is 11.8. The quantitative estimate of drug-likeness (QED) is 0.645. The summed E-state index contributed by atoms with van der Waals surface area (Å²) < 4.78 is 63.1. The van der Waals surface area contributed by atoms with E-state index in [0.717, 1.165) is 0 Å². The van der Waals surface area contributed by atoms with E-state index in [1.807, 2.05) is 0 Å². The zero-order chi connectivity index (χ0) is 22.6. The van der Waals surface area contributed by atoms with E-state index >= 15 is 0 Å². The number of hydrogen-bond donors (Lipinski definition) is 0. The minimum atomic E-state index is -5.57. The fraction of sp³-hybridized carbons (Fsp3) is 0.474. The van der Waals surface area contributed by atoms with Gasteiger partial charge in [-0.3, -0.25) is 4.79 Å². The highest BCUT2D eigenvalue weighted by atomic mass is 35.5. The Hall–Kier alpha value is -1.78. The van der Waals surface area contributed by atoms with Crippen molar-refractivity contribution in [3.05, 3.63) is 51.5 Å². The first-order chi connectivity index (χ1) is 14.5. The molecule has 1 saturated heterocycles. The fourth-order valence-corrected chi connectivity index (χ4v) is 5.73. The molecule has 0 N–H and O–H groups in total. The van der Waals surface area contributed by atoms with Crippen LogP contribution in [0.15, 0.2) is 24.5 Å². The van der Waals surface area contributed by atoms with Gasteiger partial charge in [0.25, 0.3) is 0 Å². The average Bonchev–Trinajstić information content (AvgIpc) is 3.27. The van der Waals surface area contributed by atoms with Gasteiger partial charge in [-0.2, -0.15) is 21.6 Å². The maximum absolute atomic E-state index is 13.0. The zero-order valence-corrected chi connectivity index (χ0v) is 18.4. The number of likely N-dealkylation sites (tertiary alicyclic amines) is 1. The summed E-state index contributed by atoms with van der Waals surface area (Å²) in [6.07, 6.45) is 2.42. The lowest BCUT2D eigenvalue weighted by Gasteiger charge is -2.31. The largest absolute Gasteiger partial charge is 0.517 e. The standard InChI is InChI=1S/C19H18Cl2F3N3O3S/c20-14-2-1-3-15(21)13(14)8-11-6-7-26(18(11)28)12-4-5-16-17(9-12)27(10-25-16)31(29,30)19(22,23)24/h1-3,10-12H,4-9H2/t11-,12?/m0/s1. The van der Waals surface area contributed by atoms with Gasteiger partial charge in [0.05, 0.1) is 11.4 Å². The lowest BCUT2D eigenvalue weighted by Crippen LogP contribution is -2.42. The third-order valence-electron chi connectivity index (χ3n) is 5.92. The fourth-order valence-electron chi connectivity index (χ4n) is 4.31. The Labute approximate surface area is 187 Å². The molecule has 2 aliphatic rings. The summed E-state index contributed by atoms with van der Waals surface area (Å²) in [4.78, 5) is 18.5. The van der Waals surface area contributed by atoms with Crippen LogP contribution in [0.2, 0.25) is 10.0 Å². The first kappa shape index (κ1) is 22.4. The summed E-state index contributed by atoms with van der Waals surface area (Å²) in [6.45, 7) is 0.436. The van der Waals surface area contributed by atoms with E-state index in [4.69, 9.17) is 23.2 Å². The summed E-state index contributed by atoms with van der Waals surface area (Å²) in [5.74, 6) is -0.475. The van der Waals surface area contributed by atoms with Crippen LogP contribution < -0.4 is 0 Å². The van der Waals surface area contributed by atoms with Crippen molar-refractivity contribution in [2.75, 3.05) is 6.54 Å². The smallest absolute Gasteiger partial charge is 0.339 e. The molecule has 0 spiro atoms. The Morgan fingerprint density at radius 2 is 1.84 bits per heavy atom. The predicted molar refractivity (Wildman–Crippen MR) is 108 cm³/mol. The average molecular weight is 496 g/mol. The number of nitrogens with zero attached hydrogens (tertiary/aromatic N) is 3. The van der Waals surface area contributed by atoms with Gasteiger partial charge < -0.3 is 4.90 Å². The van der Waals surface area contributed by atoms with Crippen molar-refractivity contribution in [1.29, 1.82) is 0 Å². The number of imidazole rings is 1. The van der Waals surface area contributed by atoms with Crippen LogP contribution in [0.4, 0.5) is 13.2 Å². The molecule has 0 saturated carbocycles. The van der Waals surface area contributed by atoms with E-state index in [1.165, 1.54) is 0 Å². The number of carbonyl (C=O) groups excluding carboxylic acids is 1. The lowest BCUT2D eigenvalue weighted by atomic mass is 9.94. The Balaban J connectivity index is 1.53. The minimum Gasteiger partial charge on any atom is -0.339 e. The third kappa shape index (κ3) is 3.93. The first-order valence-electron chi connectivity index (χ1n) is 9.61. The van der Waals surface area contributed by atoms with Crippen molar-refractivity contribution in [1.82, 2.24) is 13.9 Å². The summed E-state index contributed by atoms with van der Waals surface area (Å²) in [5, 5.41) is 0.949. The molecule has 2 aromatic rings. The van der Waals surface area contributed by atoms with E-state index in [0.29, 0.717) is 59.9 Å². The number of halogens is 5. The Morgan fingerprint density at radius 3 is 2.48 bits per heavy atom. The second-order valence-corrected chi connectivity index (χ2v) is 10.3. The monoisotopic (exact) mass is 495 g/mol. The van der Waals surface area contributed by atoms with Crippen LogP contribution in [0.3, 0.4) is 0 Å². The molecule has 1 unspecified atom stereocenters. The molecular weight excluding hydrogens is 478 g/mol. The van der Waals surface area contributed by atoms with Crippen molar-refractivity contribution in [3.63, 3.8) is 0 Å². The van der Waals surface area contributed by atoms with Gasteiger partial charge in [0.1, 0.15) is 6.33 Å². The number of benzene rings is 1. The van der Waals surface area contributed by atoms with Crippen LogP contribution in [0.1, 0.15) is 29.8 Å². The van der Waals surface area contributed by atoms with Gasteiger partial charge in [0.15, 0.2) is 0 Å². The molecule has 31 heavy (non-hydrogen) atoms. The summed E-state index contributed by atoms with van der Waals surface area (Å²) in [6, 6.07) is 4.72. The topological polar surface area (TPSA) is 72.3 Å². The molecule has 2 heterocycles. The molecule has 0 bridgehead atoms. The van der Waals surface area contributed by atoms with Crippen LogP contribution in [0.5, 0.6) is 0 Å². The Kier molecular flexibility index (Phi) is 5.76. The maximum atomic E-state index is 13.0. The number of carbonyl (C=O) groups is 1. The van der Waals surface area contributed by atoms with Crippen LogP contribution in [-0.2, 0) is 34.1 Å². The van der Waals surface area contributed by atoms with Crippen molar-refractivity contribution in [3.8, 4) is 0 Å². The predicted octanol–water partition coefficient (Wildman–Crippen LogP) is 3.84. The maximum Gasteiger partial charge on any atom is 0.517 e. The molecule has 12 heteroatoms. The van der Waals surface area contributed by atoms with Gasteiger partial charge in [0, 0.05) is 35.0 Å². The van der Waals surface area contributed by atoms with Gasteiger partial charge in [-0.15, -0.1) is 0 Å². The van der Waals surface area contributed by atoms with Crippen molar-refractivity contribution < 1.29 is 26.4 Å². The Bertz CT molecular complexity index is 1110. The van der Waals surface area contributed by atoms with Gasteiger partial charge in [0.2, 0.25) is 5.91 Å². The molecule has 6 nitrogen and oxygen atoms in total. The van der Waals surface area contributed by atoms with E-state index < -0.39 is 21.6 Å². The van der Waals surface area contributed by atoms with E-state index in [9.17, 15) is 26.4 Å². The Morgan fingerprint density at radius 1 is 1.16 bits per heavy atom. The number of fused-ring (bicyclic) bond motifs is 1. The number of aromatic nitrogens is 2. The summed E-state index contributed by atoms with van der Waals surface area (Å²) >= 11 is 12.4. The highest BCUT2D eigenvalue weighted by molar-refractivity contribution is 7.90. The van der Waals surface area contributed by atoms with Crippen molar-refractivity contribution in [2.24, 2.45) is 5.92 Å². The molecule has 1 aromatic heterocycles. The summed E-state index contributed by atoms with van der Waals surface area (Å²) in [7, 11) is -5.57. The normalized spacial score (nSPS) is 22.1. The second-order valence-electron chi connectivity index (χ2n) is 7.70. The van der Waals surface area contributed by atoms with E-state index in [2.05, 4.69) is 4.98 Å².